The Morgan fingerprint density at radius 1 is 1.41 bits per heavy atom. The summed E-state index contributed by atoms with van der Waals surface area (Å²) >= 11 is 1.56. The predicted molar refractivity (Wildman–Crippen MR) is 71.4 cm³/mol. The third kappa shape index (κ3) is 3.17. The van der Waals surface area contributed by atoms with Crippen LogP contribution in [0.1, 0.15) is 13.8 Å². The van der Waals surface area contributed by atoms with Gasteiger partial charge in [0.05, 0.1) is 16.8 Å². The van der Waals surface area contributed by atoms with Crippen LogP contribution < -0.4 is 10.6 Å². The molecular formula is C12H15N3OS. The van der Waals surface area contributed by atoms with E-state index < -0.39 is 0 Å². The zero-order chi connectivity index (χ0) is 12.3. The van der Waals surface area contributed by atoms with Crippen molar-refractivity contribution in [1.29, 1.82) is 0 Å². The van der Waals surface area contributed by atoms with Crippen LogP contribution in [-0.2, 0) is 4.79 Å². The van der Waals surface area contributed by atoms with E-state index in [1.54, 1.807) is 11.3 Å². The highest BCUT2D eigenvalue weighted by Gasteiger charge is 2.06. The second-order valence-corrected chi connectivity index (χ2v) is 5.09. The molecule has 0 atom stereocenters. The molecule has 90 valence electrons. The van der Waals surface area contributed by atoms with Crippen molar-refractivity contribution >= 4 is 32.6 Å². The van der Waals surface area contributed by atoms with Gasteiger partial charge < -0.3 is 10.6 Å². The Morgan fingerprint density at radius 2 is 2.18 bits per heavy atom. The highest BCUT2D eigenvalue weighted by Crippen LogP contribution is 2.24. The van der Waals surface area contributed by atoms with Crippen LogP contribution in [0.15, 0.2) is 24.3 Å². The van der Waals surface area contributed by atoms with Gasteiger partial charge in [0.1, 0.15) is 0 Å². The van der Waals surface area contributed by atoms with Crippen molar-refractivity contribution in [2.45, 2.75) is 19.9 Å². The summed E-state index contributed by atoms with van der Waals surface area (Å²) in [5.41, 5.74) is 0.962. The van der Waals surface area contributed by atoms with Crippen LogP contribution in [0.2, 0.25) is 0 Å². The van der Waals surface area contributed by atoms with Crippen molar-refractivity contribution in [3.63, 3.8) is 0 Å². The molecule has 4 nitrogen and oxygen atoms in total. The average molecular weight is 249 g/mol. The molecule has 0 bridgehead atoms. The van der Waals surface area contributed by atoms with E-state index in [0.29, 0.717) is 0 Å². The first-order valence-electron chi connectivity index (χ1n) is 5.54. The number of carbonyl (C=O) groups excluding carboxylic acids is 1. The molecule has 0 aliphatic carbocycles. The summed E-state index contributed by atoms with van der Waals surface area (Å²) in [5.74, 6) is -0.0146. The first-order valence-corrected chi connectivity index (χ1v) is 6.35. The minimum atomic E-state index is -0.0146. The van der Waals surface area contributed by atoms with E-state index in [0.717, 1.165) is 15.3 Å². The lowest BCUT2D eigenvalue weighted by Crippen LogP contribution is -2.34. The molecule has 17 heavy (non-hydrogen) atoms. The summed E-state index contributed by atoms with van der Waals surface area (Å²) in [5, 5.41) is 6.64. The Morgan fingerprint density at radius 3 is 2.88 bits per heavy atom. The number of aromatic nitrogens is 1. The van der Waals surface area contributed by atoms with Gasteiger partial charge in [-0.1, -0.05) is 23.5 Å². The Labute approximate surface area is 104 Å². The monoisotopic (exact) mass is 249 g/mol. The van der Waals surface area contributed by atoms with Gasteiger partial charge in [0.2, 0.25) is 5.91 Å². The van der Waals surface area contributed by atoms with Gasteiger partial charge in [0, 0.05) is 6.04 Å². The zero-order valence-electron chi connectivity index (χ0n) is 9.86. The van der Waals surface area contributed by atoms with Gasteiger partial charge in [-0.25, -0.2) is 4.98 Å². The standard InChI is InChI=1S/C12H15N3OS/c1-8(2)14-11(16)7-13-12-15-9-5-3-4-6-10(9)17-12/h3-6,8H,7H2,1-2H3,(H,13,15)(H,14,16). The molecule has 0 fully saturated rings. The van der Waals surface area contributed by atoms with Gasteiger partial charge in [-0.15, -0.1) is 0 Å². The van der Waals surface area contributed by atoms with E-state index in [4.69, 9.17) is 0 Å². The van der Waals surface area contributed by atoms with E-state index in [1.807, 2.05) is 38.1 Å². The third-order valence-electron chi connectivity index (χ3n) is 2.14. The van der Waals surface area contributed by atoms with Gasteiger partial charge in [0.15, 0.2) is 5.13 Å². The summed E-state index contributed by atoms with van der Waals surface area (Å²) in [7, 11) is 0. The number of amides is 1. The lowest BCUT2D eigenvalue weighted by molar-refractivity contribution is -0.119. The molecule has 0 saturated carbocycles. The number of thiazole rings is 1. The van der Waals surface area contributed by atoms with Crippen molar-refractivity contribution in [1.82, 2.24) is 10.3 Å². The maximum Gasteiger partial charge on any atom is 0.239 e. The van der Waals surface area contributed by atoms with Gasteiger partial charge in [0.25, 0.3) is 0 Å². The van der Waals surface area contributed by atoms with E-state index >= 15 is 0 Å². The largest absolute Gasteiger partial charge is 0.352 e. The minimum Gasteiger partial charge on any atom is -0.352 e. The zero-order valence-corrected chi connectivity index (χ0v) is 10.7. The summed E-state index contributed by atoms with van der Waals surface area (Å²) in [6, 6.07) is 8.09. The molecule has 1 aromatic heterocycles. The van der Waals surface area contributed by atoms with Gasteiger partial charge in [-0.05, 0) is 26.0 Å². The molecule has 1 amide bonds. The Bertz CT molecular complexity index is 488. The fraction of sp³-hybridized carbons (Fsp3) is 0.333. The highest BCUT2D eigenvalue weighted by molar-refractivity contribution is 7.22. The minimum absolute atomic E-state index is 0.0146. The summed E-state index contributed by atoms with van der Waals surface area (Å²) < 4.78 is 1.12. The fourth-order valence-electron chi connectivity index (χ4n) is 1.48. The number of hydrogen-bond acceptors (Lipinski definition) is 4. The molecular weight excluding hydrogens is 234 g/mol. The van der Waals surface area contributed by atoms with Crippen LogP contribution in [0, 0.1) is 0 Å². The summed E-state index contributed by atoms with van der Waals surface area (Å²) in [6.07, 6.45) is 0. The molecule has 0 saturated heterocycles. The number of benzene rings is 1. The third-order valence-corrected chi connectivity index (χ3v) is 3.14. The summed E-state index contributed by atoms with van der Waals surface area (Å²) in [4.78, 5) is 15.8. The van der Waals surface area contributed by atoms with Gasteiger partial charge in [-0.3, -0.25) is 4.79 Å². The van der Waals surface area contributed by atoms with E-state index in [1.165, 1.54) is 0 Å². The molecule has 0 spiro atoms. The summed E-state index contributed by atoms with van der Waals surface area (Å²) in [6.45, 7) is 4.14. The number of nitrogens with one attached hydrogen (secondary N) is 2. The van der Waals surface area contributed by atoms with Crippen molar-refractivity contribution in [2.24, 2.45) is 0 Å². The molecule has 0 radical (unpaired) electrons. The van der Waals surface area contributed by atoms with Crippen LogP contribution >= 0.6 is 11.3 Å². The van der Waals surface area contributed by atoms with Crippen LogP contribution in [0.25, 0.3) is 10.2 Å². The van der Waals surface area contributed by atoms with E-state index in [9.17, 15) is 4.79 Å². The second kappa shape index (κ2) is 5.14. The van der Waals surface area contributed by atoms with Crippen LogP contribution in [0.3, 0.4) is 0 Å². The SMILES string of the molecule is CC(C)NC(=O)CNc1nc2ccccc2s1. The second-order valence-electron chi connectivity index (χ2n) is 4.06. The maximum absolute atomic E-state index is 11.4. The van der Waals surface area contributed by atoms with E-state index in [-0.39, 0.29) is 18.5 Å². The first-order chi connectivity index (χ1) is 8.15. The number of rotatable bonds is 4. The molecule has 0 unspecified atom stereocenters. The molecule has 1 aromatic carbocycles. The number of nitrogens with zero attached hydrogens (tertiary/aromatic N) is 1. The highest BCUT2D eigenvalue weighted by atomic mass is 32.1. The number of para-hydroxylation sites is 1. The number of hydrogen-bond donors (Lipinski definition) is 2. The van der Waals surface area contributed by atoms with E-state index in [2.05, 4.69) is 15.6 Å². The topological polar surface area (TPSA) is 54.0 Å². The molecule has 0 aliphatic heterocycles. The van der Waals surface area contributed by atoms with Gasteiger partial charge in [-0.2, -0.15) is 0 Å². The smallest absolute Gasteiger partial charge is 0.239 e. The van der Waals surface area contributed by atoms with Gasteiger partial charge >= 0.3 is 0 Å². The molecule has 0 aliphatic rings. The lowest BCUT2D eigenvalue weighted by atomic mass is 10.3. The number of carbonyl (C=O) groups is 1. The van der Waals surface area contributed by atoms with Crippen LogP contribution in [0.4, 0.5) is 5.13 Å². The van der Waals surface area contributed by atoms with Crippen LogP contribution in [-0.4, -0.2) is 23.5 Å². The van der Waals surface area contributed by atoms with Crippen molar-refractivity contribution in [2.75, 3.05) is 11.9 Å². The molecule has 2 rings (SSSR count). The molecule has 1 heterocycles. The quantitative estimate of drug-likeness (QED) is 0.873. The maximum atomic E-state index is 11.4. The normalized spacial score (nSPS) is 10.8. The molecule has 5 heteroatoms. The Balaban J connectivity index is 1.97. The fourth-order valence-corrected chi connectivity index (χ4v) is 2.34. The lowest BCUT2D eigenvalue weighted by Gasteiger charge is -2.07. The van der Waals surface area contributed by atoms with Crippen molar-refractivity contribution < 1.29 is 4.79 Å². The Hall–Kier alpha value is -1.62. The Kier molecular flexibility index (Phi) is 3.58. The number of anilines is 1. The molecule has 2 aromatic rings. The predicted octanol–water partition coefficient (Wildman–Crippen LogP) is 2.23. The van der Waals surface area contributed by atoms with Crippen molar-refractivity contribution in [3.8, 4) is 0 Å². The number of fused-ring (bicyclic) bond motifs is 1. The molecule has 2 N–H and O–H groups in total. The van der Waals surface area contributed by atoms with Crippen LogP contribution in [0.5, 0.6) is 0 Å². The average Bonchev–Trinajstić information content (AvgIpc) is 2.68. The van der Waals surface area contributed by atoms with Crippen molar-refractivity contribution in [3.05, 3.63) is 24.3 Å². The first kappa shape index (κ1) is 11.9.